The van der Waals surface area contributed by atoms with Gasteiger partial charge in [0.25, 0.3) is 0 Å². The highest BCUT2D eigenvalue weighted by Gasteiger charge is 2.34. The Bertz CT molecular complexity index is 420. The summed E-state index contributed by atoms with van der Waals surface area (Å²) in [5.74, 6) is -0.693. The Morgan fingerprint density at radius 2 is 1.90 bits per heavy atom. The molecule has 2 N–H and O–H groups in total. The third-order valence-corrected chi connectivity index (χ3v) is 2.89. The lowest BCUT2D eigenvalue weighted by Crippen LogP contribution is -2.44. The molecule has 3 nitrogen and oxygen atoms in total. The number of amides is 1. The van der Waals surface area contributed by atoms with Crippen LogP contribution in [0.3, 0.4) is 0 Å². The van der Waals surface area contributed by atoms with E-state index in [1.165, 1.54) is 0 Å². The number of alkyl halides is 3. The van der Waals surface area contributed by atoms with Crippen LogP contribution in [0.5, 0.6) is 0 Å². The van der Waals surface area contributed by atoms with Crippen molar-refractivity contribution in [3.8, 4) is 0 Å². The van der Waals surface area contributed by atoms with Crippen LogP contribution in [0.4, 0.5) is 13.2 Å². The molecule has 112 valence electrons. The molecule has 0 radical (unpaired) electrons. The summed E-state index contributed by atoms with van der Waals surface area (Å²) in [5, 5.41) is 0. The highest BCUT2D eigenvalue weighted by Crippen LogP contribution is 2.20. The second-order valence-corrected chi connectivity index (χ2v) is 4.62. The number of halogens is 3. The zero-order valence-electron chi connectivity index (χ0n) is 11.4. The van der Waals surface area contributed by atoms with Gasteiger partial charge < -0.3 is 10.6 Å². The SMILES string of the molecule is CCCCN(CC(F)(F)F)C(=O)[C@@H](N)c1ccccc1. The predicted octanol–water partition coefficient (Wildman–Crippen LogP) is 2.88. The first-order valence-corrected chi connectivity index (χ1v) is 6.51. The monoisotopic (exact) mass is 288 g/mol. The summed E-state index contributed by atoms with van der Waals surface area (Å²) in [6.45, 7) is 0.662. The van der Waals surface area contributed by atoms with E-state index < -0.39 is 24.7 Å². The molecule has 0 unspecified atom stereocenters. The molecule has 6 heteroatoms. The van der Waals surface area contributed by atoms with Gasteiger partial charge in [0.2, 0.25) is 5.91 Å². The molecule has 0 bridgehead atoms. The van der Waals surface area contributed by atoms with Crippen LogP contribution in [-0.4, -0.2) is 30.1 Å². The Labute approximate surface area is 116 Å². The maximum atomic E-state index is 12.5. The number of carbonyl (C=O) groups excluding carboxylic acids is 1. The fraction of sp³-hybridized carbons (Fsp3) is 0.500. The third-order valence-electron chi connectivity index (χ3n) is 2.89. The molecule has 0 aliphatic rings. The molecule has 1 aromatic rings. The van der Waals surface area contributed by atoms with Crippen molar-refractivity contribution in [2.45, 2.75) is 32.0 Å². The molecule has 0 aliphatic heterocycles. The highest BCUT2D eigenvalue weighted by atomic mass is 19.4. The van der Waals surface area contributed by atoms with E-state index in [1.54, 1.807) is 30.3 Å². The van der Waals surface area contributed by atoms with Crippen molar-refractivity contribution in [3.05, 3.63) is 35.9 Å². The Morgan fingerprint density at radius 1 is 1.30 bits per heavy atom. The van der Waals surface area contributed by atoms with E-state index in [1.807, 2.05) is 6.92 Å². The van der Waals surface area contributed by atoms with E-state index >= 15 is 0 Å². The number of unbranched alkanes of at least 4 members (excludes halogenated alkanes) is 1. The van der Waals surface area contributed by atoms with Crippen molar-refractivity contribution in [1.29, 1.82) is 0 Å². The maximum Gasteiger partial charge on any atom is 0.406 e. The molecule has 0 aliphatic carbocycles. The summed E-state index contributed by atoms with van der Waals surface area (Å²) in [4.78, 5) is 12.9. The number of carbonyl (C=O) groups is 1. The summed E-state index contributed by atoms with van der Waals surface area (Å²) in [6.07, 6.45) is -3.19. The molecular formula is C14H19F3N2O. The Morgan fingerprint density at radius 3 is 2.40 bits per heavy atom. The lowest BCUT2D eigenvalue weighted by Gasteiger charge is -2.26. The van der Waals surface area contributed by atoms with E-state index in [9.17, 15) is 18.0 Å². The summed E-state index contributed by atoms with van der Waals surface area (Å²) in [6, 6.07) is 7.36. The summed E-state index contributed by atoms with van der Waals surface area (Å²) < 4.78 is 37.6. The van der Waals surface area contributed by atoms with Crippen molar-refractivity contribution in [2.75, 3.05) is 13.1 Å². The van der Waals surface area contributed by atoms with Gasteiger partial charge in [0.05, 0.1) is 0 Å². The average molecular weight is 288 g/mol. The molecule has 1 amide bonds. The van der Waals surface area contributed by atoms with Crippen LogP contribution in [0.15, 0.2) is 30.3 Å². The highest BCUT2D eigenvalue weighted by molar-refractivity contribution is 5.83. The van der Waals surface area contributed by atoms with Crippen molar-refractivity contribution >= 4 is 5.91 Å². The van der Waals surface area contributed by atoms with Gasteiger partial charge in [0.1, 0.15) is 12.6 Å². The van der Waals surface area contributed by atoms with E-state index in [-0.39, 0.29) is 6.54 Å². The topological polar surface area (TPSA) is 46.3 Å². The molecule has 0 saturated carbocycles. The van der Waals surface area contributed by atoms with E-state index in [2.05, 4.69) is 0 Å². The zero-order chi connectivity index (χ0) is 15.2. The largest absolute Gasteiger partial charge is 0.406 e. The zero-order valence-corrected chi connectivity index (χ0v) is 11.4. The lowest BCUT2D eigenvalue weighted by molar-refractivity contribution is -0.162. The van der Waals surface area contributed by atoms with E-state index in [0.717, 1.165) is 4.90 Å². The second-order valence-electron chi connectivity index (χ2n) is 4.62. The Kier molecular flexibility index (Phi) is 6.01. The molecule has 1 aromatic carbocycles. The van der Waals surface area contributed by atoms with E-state index in [0.29, 0.717) is 18.4 Å². The van der Waals surface area contributed by atoms with Crippen LogP contribution in [-0.2, 0) is 4.79 Å². The number of hydrogen-bond acceptors (Lipinski definition) is 2. The van der Waals surface area contributed by atoms with Gasteiger partial charge in [-0.1, -0.05) is 43.7 Å². The average Bonchev–Trinajstić information content (AvgIpc) is 2.41. The molecule has 20 heavy (non-hydrogen) atoms. The number of rotatable bonds is 6. The van der Waals surface area contributed by atoms with Crippen molar-refractivity contribution < 1.29 is 18.0 Å². The molecule has 0 heterocycles. The Hall–Kier alpha value is -1.56. The van der Waals surface area contributed by atoms with Gasteiger partial charge in [0.15, 0.2) is 0 Å². The molecule has 0 spiro atoms. The van der Waals surface area contributed by atoms with Gasteiger partial charge in [-0.2, -0.15) is 13.2 Å². The first-order chi connectivity index (χ1) is 9.35. The minimum Gasteiger partial charge on any atom is -0.332 e. The normalized spacial score (nSPS) is 13.1. The Balaban J connectivity index is 2.81. The van der Waals surface area contributed by atoms with Gasteiger partial charge in [-0.3, -0.25) is 4.79 Å². The molecular weight excluding hydrogens is 269 g/mol. The smallest absolute Gasteiger partial charge is 0.332 e. The van der Waals surface area contributed by atoms with Crippen LogP contribution >= 0.6 is 0 Å². The molecule has 0 saturated heterocycles. The first-order valence-electron chi connectivity index (χ1n) is 6.51. The van der Waals surface area contributed by atoms with Crippen molar-refractivity contribution in [1.82, 2.24) is 4.90 Å². The van der Waals surface area contributed by atoms with Gasteiger partial charge in [-0.25, -0.2) is 0 Å². The number of nitrogens with zero attached hydrogens (tertiary/aromatic N) is 1. The molecule has 1 rings (SSSR count). The summed E-state index contributed by atoms with van der Waals surface area (Å²) >= 11 is 0. The molecule has 1 atom stereocenters. The van der Waals surface area contributed by atoms with Crippen LogP contribution in [0.1, 0.15) is 31.4 Å². The van der Waals surface area contributed by atoms with Crippen molar-refractivity contribution in [3.63, 3.8) is 0 Å². The lowest BCUT2D eigenvalue weighted by atomic mass is 10.1. The number of nitrogens with two attached hydrogens (primary N) is 1. The predicted molar refractivity (Wildman–Crippen MR) is 70.9 cm³/mol. The number of benzene rings is 1. The van der Waals surface area contributed by atoms with Gasteiger partial charge in [-0.05, 0) is 12.0 Å². The van der Waals surface area contributed by atoms with Gasteiger partial charge in [-0.15, -0.1) is 0 Å². The molecule has 0 fully saturated rings. The van der Waals surface area contributed by atoms with Crippen molar-refractivity contribution in [2.24, 2.45) is 5.73 Å². The first kappa shape index (κ1) is 16.5. The second kappa shape index (κ2) is 7.28. The van der Waals surface area contributed by atoms with Crippen LogP contribution in [0.2, 0.25) is 0 Å². The minimum absolute atomic E-state index is 0.0649. The van der Waals surface area contributed by atoms with Gasteiger partial charge >= 0.3 is 6.18 Å². The molecule has 0 aromatic heterocycles. The van der Waals surface area contributed by atoms with E-state index in [4.69, 9.17) is 5.73 Å². The number of hydrogen-bond donors (Lipinski definition) is 1. The van der Waals surface area contributed by atoms with Crippen LogP contribution in [0.25, 0.3) is 0 Å². The van der Waals surface area contributed by atoms with Gasteiger partial charge in [0, 0.05) is 6.54 Å². The quantitative estimate of drug-likeness (QED) is 0.875. The third kappa shape index (κ3) is 5.21. The summed E-state index contributed by atoms with van der Waals surface area (Å²) in [7, 11) is 0. The minimum atomic E-state index is -4.42. The fourth-order valence-corrected chi connectivity index (χ4v) is 1.83. The maximum absolute atomic E-state index is 12.5. The van der Waals surface area contributed by atoms with Crippen LogP contribution < -0.4 is 5.73 Å². The summed E-state index contributed by atoms with van der Waals surface area (Å²) in [5.41, 5.74) is 6.29. The van der Waals surface area contributed by atoms with Crippen LogP contribution in [0, 0.1) is 0 Å². The standard InChI is InChI=1S/C14H19F3N2O/c1-2-3-9-19(10-14(15,16)17)13(20)12(18)11-7-5-4-6-8-11/h4-8,12H,2-3,9-10,18H2,1H3/t12-/m0/s1. The fourth-order valence-electron chi connectivity index (χ4n) is 1.83.